The first-order valence-corrected chi connectivity index (χ1v) is 11.8. The summed E-state index contributed by atoms with van der Waals surface area (Å²) in [5, 5.41) is 6.72. The first-order chi connectivity index (χ1) is 18.0. The number of anilines is 1. The van der Waals surface area contributed by atoms with E-state index in [1.807, 2.05) is 30.3 Å². The quantitative estimate of drug-likeness (QED) is 0.0952. The standard InChI is InChI=1S/C28H20BrN3O5/c29-22-11-14-24(37-28(35)25-7-4-16-36-25)21(17-22)18-30-32-27(34)20-9-12-23(13-10-20)31-26(33)15-8-19-5-2-1-3-6-19/h1-18H,(H,31,33)(H,32,34)/b15-8+,30-18-. The second-order valence-electron chi connectivity index (χ2n) is 7.56. The maximum atomic E-state index is 12.5. The van der Waals surface area contributed by atoms with E-state index >= 15 is 0 Å². The zero-order valence-electron chi connectivity index (χ0n) is 19.3. The van der Waals surface area contributed by atoms with E-state index in [0.717, 1.165) is 10.0 Å². The maximum Gasteiger partial charge on any atom is 0.379 e. The number of esters is 1. The van der Waals surface area contributed by atoms with Crippen LogP contribution in [0, 0.1) is 0 Å². The van der Waals surface area contributed by atoms with Crippen LogP contribution in [-0.4, -0.2) is 24.0 Å². The Hall–Kier alpha value is -4.76. The van der Waals surface area contributed by atoms with E-state index in [9.17, 15) is 14.4 Å². The molecule has 0 unspecified atom stereocenters. The summed E-state index contributed by atoms with van der Waals surface area (Å²) in [6, 6.07) is 23.9. The summed E-state index contributed by atoms with van der Waals surface area (Å²) in [6.07, 6.45) is 5.89. The van der Waals surface area contributed by atoms with Crippen molar-refractivity contribution in [1.82, 2.24) is 5.43 Å². The summed E-state index contributed by atoms with van der Waals surface area (Å²) < 4.78 is 11.2. The zero-order chi connectivity index (χ0) is 26.0. The summed E-state index contributed by atoms with van der Waals surface area (Å²) >= 11 is 3.36. The molecule has 0 saturated carbocycles. The van der Waals surface area contributed by atoms with Crippen molar-refractivity contribution in [3.8, 4) is 5.75 Å². The number of hydrogen-bond acceptors (Lipinski definition) is 6. The highest BCUT2D eigenvalue weighted by atomic mass is 79.9. The average Bonchev–Trinajstić information content (AvgIpc) is 3.45. The Morgan fingerprint density at radius 2 is 1.70 bits per heavy atom. The summed E-state index contributed by atoms with van der Waals surface area (Å²) in [7, 11) is 0. The first-order valence-electron chi connectivity index (χ1n) is 11.0. The van der Waals surface area contributed by atoms with Gasteiger partial charge in [0.05, 0.1) is 12.5 Å². The normalized spacial score (nSPS) is 10.9. The van der Waals surface area contributed by atoms with E-state index in [-0.39, 0.29) is 17.4 Å². The Labute approximate surface area is 220 Å². The second kappa shape index (κ2) is 12.3. The molecule has 4 aromatic rings. The number of halogens is 1. The highest BCUT2D eigenvalue weighted by Gasteiger charge is 2.14. The number of hydrogen-bond donors (Lipinski definition) is 2. The zero-order valence-corrected chi connectivity index (χ0v) is 20.8. The minimum Gasteiger partial charge on any atom is -0.457 e. The highest BCUT2D eigenvalue weighted by molar-refractivity contribution is 9.10. The van der Waals surface area contributed by atoms with Gasteiger partial charge in [0.25, 0.3) is 5.91 Å². The van der Waals surface area contributed by atoms with Crippen molar-refractivity contribution < 1.29 is 23.5 Å². The molecule has 0 saturated heterocycles. The SMILES string of the molecule is O=C(/C=C/c1ccccc1)Nc1ccc(C(=O)N/N=C\c2cc(Br)ccc2OC(=O)c2ccco2)cc1. The van der Waals surface area contributed by atoms with Gasteiger partial charge < -0.3 is 14.5 Å². The predicted molar refractivity (Wildman–Crippen MR) is 143 cm³/mol. The van der Waals surface area contributed by atoms with Gasteiger partial charge in [-0.05, 0) is 66.2 Å². The van der Waals surface area contributed by atoms with Gasteiger partial charge in [0.1, 0.15) is 5.75 Å². The molecule has 0 aliphatic rings. The van der Waals surface area contributed by atoms with Crippen LogP contribution in [0.3, 0.4) is 0 Å². The molecule has 1 aromatic heterocycles. The number of furan rings is 1. The van der Waals surface area contributed by atoms with Crippen molar-refractivity contribution >= 4 is 51.7 Å². The van der Waals surface area contributed by atoms with Crippen LogP contribution < -0.4 is 15.5 Å². The van der Waals surface area contributed by atoms with E-state index in [1.54, 1.807) is 54.6 Å². The van der Waals surface area contributed by atoms with Gasteiger partial charge in [0, 0.05) is 27.4 Å². The molecule has 1 heterocycles. The molecule has 8 nitrogen and oxygen atoms in total. The molecular weight excluding hydrogens is 538 g/mol. The molecule has 184 valence electrons. The Morgan fingerprint density at radius 3 is 2.43 bits per heavy atom. The Morgan fingerprint density at radius 1 is 0.919 bits per heavy atom. The van der Waals surface area contributed by atoms with Crippen LogP contribution in [0.2, 0.25) is 0 Å². The Kier molecular flexibility index (Phi) is 8.41. The van der Waals surface area contributed by atoms with Crippen molar-refractivity contribution in [1.29, 1.82) is 0 Å². The molecule has 4 rings (SSSR count). The molecule has 0 bridgehead atoms. The van der Waals surface area contributed by atoms with E-state index in [4.69, 9.17) is 9.15 Å². The van der Waals surface area contributed by atoms with Crippen LogP contribution in [0.4, 0.5) is 5.69 Å². The Balaban J connectivity index is 1.34. The number of hydrazone groups is 1. The predicted octanol–water partition coefficient (Wildman–Crippen LogP) is 5.68. The molecule has 0 radical (unpaired) electrons. The van der Waals surface area contributed by atoms with Gasteiger partial charge in [0.15, 0.2) is 0 Å². The first kappa shape index (κ1) is 25.3. The lowest BCUT2D eigenvalue weighted by Gasteiger charge is -2.07. The molecule has 2 N–H and O–H groups in total. The van der Waals surface area contributed by atoms with Crippen LogP contribution in [-0.2, 0) is 4.79 Å². The molecule has 3 aromatic carbocycles. The summed E-state index contributed by atoms with van der Waals surface area (Å²) in [6.45, 7) is 0. The molecular formula is C28H20BrN3O5. The topological polar surface area (TPSA) is 110 Å². The number of nitrogens with one attached hydrogen (secondary N) is 2. The van der Waals surface area contributed by atoms with Gasteiger partial charge in [-0.25, -0.2) is 10.2 Å². The van der Waals surface area contributed by atoms with E-state index in [2.05, 4.69) is 31.8 Å². The van der Waals surface area contributed by atoms with Gasteiger partial charge in [0.2, 0.25) is 11.7 Å². The van der Waals surface area contributed by atoms with Crippen molar-refractivity contribution in [2.24, 2.45) is 5.10 Å². The van der Waals surface area contributed by atoms with Crippen molar-refractivity contribution in [2.45, 2.75) is 0 Å². The van der Waals surface area contributed by atoms with Crippen molar-refractivity contribution in [3.63, 3.8) is 0 Å². The molecule has 0 spiro atoms. The van der Waals surface area contributed by atoms with E-state index in [0.29, 0.717) is 16.8 Å². The highest BCUT2D eigenvalue weighted by Crippen LogP contribution is 2.23. The second-order valence-corrected chi connectivity index (χ2v) is 8.47. The monoisotopic (exact) mass is 557 g/mol. The molecule has 37 heavy (non-hydrogen) atoms. The fourth-order valence-electron chi connectivity index (χ4n) is 3.11. The third kappa shape index (κ3) is 7.36. The van der Waals surface area contributed by atoms with Crippen molar-refractivity contribution in [2.75, 3.05) is 5.32 Å². The largest absolute Gasteiger partial charge is 0.457 e. The summed E-state index contributed by atoms with van der Waals surface area (Å²) in [4.78, 5) is 36.8. The molecule has 0 atom stereocenters. The molecule has 0 fully saturated rings. The van der Waals surface area contributed by atoms with Gasteiger partial charge in [-0.2, -0.15) is 5.10 Å². The molecule has 2 amide bonds. The van der Waals surface area contributed by atoms with E-state index < -0.39 is 11.9 Å². The lowest BCUT2D eigenvalue weighted by Crippen LogP contribution is -2.18. The number of ether oxygens (including phenoxy) is 1. The van der Waals surface area contributed by atoms with Gasteiger partial charge in [-0.1, -0.05) is 46.3 Å². The van der Waals surface area contributed by atoms with Crippen LogP contribution in [0.25, 0.3) is 6.08 Å². The molecule has 0 aliphatic carbocycles. The van der Waals surface area contributed by atoms with Crippen LogP contribution in [0.1, 0.15) is 32.0 Å². The van der Waals surface area contributed by atoms with E-state index in [1.165, 1.54) is 24.6 Å². The fraction of sp³-hybridized carbons (Fsp3) is 0. The number of rotatable bonds is 8. The Bertz CT molecular complexity index is 1450. The lowest BCUT2D eigenvalue weighted by molar-refractivity contribution is -0.111. The number of amides is 2. The van der Waals surface area contributed by atoms with Gasteiger partial charge in [-0.3, -0.25) is 9.59 Å². The minimum absolute atomic E-state index is 0.0611. The minimum atomic E-state index is -0.659. The molecule has 0 aliphatic heterocycles. The number of benzene rings is 3. The van der Waals surface area contributed by atoms with Crippen molar-refractivity contribution in [3.05, 3.63) is 124 Å². The fourth-order valence-corrected chi connectivity index (χ4v) is 3.49. The van der Waals surface area contributed by atoms with Crippen LogP contribution in [0.15, 0.2) is 111 Å². The third-order valence-corrected chi connectivity index (χ3v) is 5.40. The maximum absolute atomic E-state index is 12.5. The van der Waals surface area contributed by atoms with Gasteiger partial charge >= 0.3 is 5.97 Å². The lowest BCUT2D eigenvalue weighted by atomic mass is 10.2. The number of carbonyl (C=O) groups excluding carboxylic acids is 3. The average molecular weight is 558 g/mol. The third-order valence-electron chi connectivity index (χ3n) is 4.91. The number of carbonyl (C=O) groups is 3. The smallest absolute Gasteiger partial charge is 0.379 e. The van der Waals surface area contributed by atoms with Gasteiger partial charge in [-0.15, -0.1) is 0 Å². The number of nitrogens with zero attached hydrogens (tertiary/aromatic N) is 1. The summed E-state index contributed by atoms with van der Waals surface area (Å²) in [5.41, 5.74) is 4.68. The molecule has 9 heteroatoms. The van der Waals surface area contributed by atoms with Crippen LogP contribution >= 0.6 is 15.9 Å². The summed E-state index contributed by atoms with van der Waals surface area (Å²) in [5.74, 6) is -1.10. The van der Waals surface area contributed by atoms with Crippen LogP contribution in [0.5, 0.6) is 5.75 Å².